The lowest BCUT2D eigenvalue weighted by Gasteiger charge is -2.38. The van der Waals surface area contributed by atoms with E-state index in [9.17, 15) is 4.79 Å². The van der Waals surface area contributed by atoms with Crippen molar-refractivity contribution in [1.29, 1.82) is 0 Å². The lowest BCUT2D eigenvalue weighted by atomic mass is 9.76. The number of benzene rings is 3. The molecule has 3 aromatic carbocycles. The summed E-state index contributed by atoms with van der Waals surface area (Å²) in [5.74, 6) is 1.26. The van der Waals surface area contributed by atoms with Crippen molar-refractivity contribution in [1.82, 2.24) is 0 Å². The van der Waals surface area contributed by atoms with Crippen molar-refractivity contribution >= 4 is 11.7 Å². The molecular weight excluding hydrogens is 398 g/mol. The molecule has 0 fully saturated rings. The second-order valence-corrected chi connectivity index (χ2v) is 8.31. The maximum absolute atomic E-state index is 12.3. The molecule has 3 atom stereocenters. The minimum Gasteiger partial charge on any atom is -0.489 e. The predicted molar refractivity (Wildman–Crippen MR) is 126 cm³/mol. The first-order chi connectivity index (χ1) is 15.7. The third-order valence-electron chi connectivity index (χ3n) is 6.37. The molecule has 0 radical (unpaired) electrons. The van der Waals surface area contributed by atoms with E-state index in [0.29, 0.717) is 24.7 Å². The Labute approximate surface area is 188 Å². The highest BCUT2D eigenvalue weighted by Gasteiger charge is 2.39. The van der Waals surface area contributed by atoms with Crippen LogP contribution in [-0.4, -0.2) is 12.6 Å². The minimum absolute atomic E-state index is 0.128. The van der Waals surface area contributed by atoms with Crippen LogP contribution < -0.4 is 10.1 Å². The Hall–Kier alpha value is -3.53. The van der Waals surface area contributed by atoms with Crippen molar-refractivity contribution in [3.05, 3.63) is 107 Å². The summed E-state index contributed by atoms with van der Waals surface area (Å²) in [5.41, 5.74) is 5.15. The zero-order valence-corrected chi connectivity index (χ0v) is 18.2. The first kappa shape index (κ1) is 20.4. The average Bonchev–Trinajstić information content (AvgIpc) is 3.33. The summed E-state index contributed by atoms with van der Waals surface area (Å²) < 4.78 is 11.5. The van der Waals surface area contributed by atoms with Crippen LogP contribution in [0.3, 0.4) is 0 Å². The molecule has 0 bridgehead atoms. The number of hydrogen-bond acceptors (Lipinski definition) is 4. The van der Waals surface area contributed by atoms with Gasteiger partial charge < -0.3 is 14.8 Å². The molecule has 4 nitrogen and oxygen atoms in total. The SMILES string of the molecule is CCOC(=O)c1ccc2c(c1)[C@H]1C=CC[C@H]1[C@@H](c1ccccc1OCc1ccccc1)N2. The number of para-hydroxylation sites is 1. The lowest BCUT2D eigenvalue weighted by molar-refractivity contribution is 0.0526. The number of ether oxygens (including phenoxy) is 2. The van der Waals surface area contributed by atoms with Gasteiger partial charge in [0, 0.05) is 17.2 Å². The lowest BCUT2D eigenvalue weighted by Crippen LogP contribution is -2.29. The van der Waals surface area contributed by atoms with Crippen molar-refractivity contribution < 1.29 is 14.3 Å². The fourth-order valence-electron chi connectivity index (χ4n) is 4.85. The highest BCUT2D eigenvalue weighted by molar-refractivity contribution is 5.90. The Kier molecular flexibility index (Phi) is 5.68. The Morgan fingerprint density at radius 3 is 2.66 bits per heavy atom. The molecule has 3 aromatic rings. The van der Waals surface area contributed by atoms with Gasteiger partial charge in [-0.3, -0.25) is 0 Å². The van der Waals surface area contributed by atoms with Gasteiger partial charge in [-0.1, -0.05) is 60.7 Å². The number of rotatable bonds is 6. The van der Waals surface area contributed by atoms with E-state index in [1.807, 2.05) is 49.4 Å². The van der Waals surface area contributed by atoms with E-state index >= 15 is 0 Å². The second kappa shape index (κ2) is 8.91. The van der Waals surface area contributed by atoms with Gasteiger partial charge in [0.1, 0.15) is 12.4 Å². The Morgan fingerprint density at radius 2 is 1.81 bits per heavy atom. The normalized spacial score (nSPS) is 20.7. The summed E-state index contributed by atoms with van der Waals surface area (Å²) in [5, 5.41) is 3.75. The third kappa shape index (κ3) is 3.89. The molecule has 0 aromatic heterocycles. The molecule has 0 unspecified atom stereocenters. The maximum Gasteiger partial charge on any atom is 0.338 e. The summed E-state index contributed by atoms with van der Waals surface area (Å²) in [4.78, 5) is 12.3. The molecule has 1 aliphatic carbocycles. The van der Waals surface area contributed by atoms with Crippen molar-refractivity contribution in [2.45, 2.75) is 31.9 Å². The van der Waals surface area contributed by atoms with Gasteiger partial charge >= 0.3 is 5.97 Å². The van der Waals surface area contributed by atoms with Gasteiger partial charge in [0.05, 0.1) is 18.2 Å². The van der Waals surface area contributed by atoms with E-state index in [1.165, 1.54) is 5.56 Å². The number of carbonyl (C=O) groups is 1. The number of fused-ring (bicyclic) bond motifs is 3. The van der Waals surface area contributed by atoms with Crippen LogP contribution in [0.2, 0.25) is 0 Å². The second-order valence-electron chi connectivity index (χ2n) is 8.31. The molecule has 0 saturated carbocycles. The monoisotopic (exact) mass is 425 g/mol. The Morgan fingerprint density at radius 1 is 1.00 bits per heavy atom. The van der Waals surface area contributed by atoms with Crippen LogP contribution in [-0.2, 0) is 11.3 Å². The van der Waals surface area contributed by atoms with E-state index in [-0.39, 0.29) is 17.9 Å². The van der Waals surface area contributed by atoms with Crippen LogP contribution in [0.25, 0.3) is 0 Å². The van der Waals surface area contributed by atoms with Crippen LogP contribution in [0.1, 0.15) is 52.4 Å². The van der Waals surface area contributed by atoms with Crippen molar-refractivity contribution in [3.8, 4) is 5.75 Å². The topological polar surface area (TPSA) is 47.6 Å². The van der Waals surface area contributed by atoms with E-state index in [0.717, 1.165) is 29.0 Å². The van der Waals surface area contributed by atoms with Crippen LogP contribution in [0.4, 0.5) is 5.69 Å². The standard InChI is InChI=1S/C28H27NO3/c1-2-31-28(30)20-15-16-25-24(17-20)21-12-8-13-22(21)27(29-25)23-11-6-7-14-26(23)32-18-19-9-4-3-5-10-19/h3-12,14-17,21-22,27,29H,2,13,18H2,1H3/t21-,22+,27-/m0/s1. The molecule has 32 heavy (non-hydrogen) atoms. The first-order valence-electron chi connectivity index (χ1n) is 11.2. The molecule has 0 amide bonds. The smallest absolute Gasteiger partial charge is 0.338 e. The van der Waals surface area contributed by atoms with E-state index in [4.69, 9.17) is 9.47 Å². The summed E-state index contributed by atoms with van der Waals surface area (Å²) >= 11 is 0. The fraction of sp³-hybridized carbons (Fsp3) is 0.250. The van der Waals surface area contributed by atoms with Crippen molar-refractivity contribution in [3.63, 3.8) is 0 Å². The molecule has 0 saturated heterocycles. The van der Waals surface area contributed by atoms with E-state index < -0.39 is 0 Å². The van der Waals surface area contributed by atoms with Gasteiger partial charge in [0.2, 0.25) is 0 Å². The largest absolute Gasteiger partial charge is 0.489 e. The Bertz CT molecular complexity index is 1140. The molecule has 4 heteroatoms. The van der Waals surface area contributed by atoms with Crippen LogP contribution in [0.5, 0.6) is 5.75 Å². The fourth-order valence-corrected chi connectivity index (χ4v) is 4.85. The number of hydrogen-bond donors (Lipinski definition) is 1. The van der Waals surface area contributed by atoms with E-state index in [2.05, 4.69) is 47.8 Å². The summed E-state index contributed by atoms with van der Waals surface area (Å²) in [7, 11) is 0. The molecule has 5 rings (SSSR count). The number of nitrogens with one attached hydrogen (secondary N) is 1. The quantitative estimate of drug-likeness (QED) is 0.374. The van der Waals surface area contributed by atoms with E-state index in [1.54, 1.807) is 0 Å². The highest BCUT2D eigenvalue weighted by Crippen LogP contribution is 2.51. The zero-order valence-electron chi connectivity index (χ0n) is 18.2. The molecular formula is C28H27NO3. The van der Waals surface area contributed by atoms with Crippen LogP contribution >= 0.6 is 0 Å². The van der Waals surface area contributed by atoms with Gasteiger partial charge in [-0.2, -0.15) is 0 Å². The molecule has 1 heterocycles. The summed E-state index contributed by atoms with van der Waals surface area (Å²) in [6.07, 6.45) is 5.52. The minimum atomic E-state index is -0.268. The maximum atomic E-state index is 12.3. The summed E-state index contributed by atoms with van der Waals surface area (Å²) in [6.45, 7) is 2.74. The molecule has 1 aliphatic heterocycles. The highest BCUT2D eigenvalue weighted by atomic mass is 16.5. The zero-order chi connectivity index (χ0) is 21.9. The van der Waals surface area contributed by atoms with Crippen LogP contribution in [0.15, 0.2) is 84.9 Å². The van der Waals surface area contributed by atoms with Crippen molar-refractivity contribution in [2.75, 3.05) is 11.9 Å². The van der Waals surface area contributed by atoms with Crippen LogP contribution in [0, 0.1) is 5.92 Å². The Balaban J connectivity index is 1.45. The number of esters is 1. The number of anilines is 1. The van der Waals surface area contributed by atoms with Gasteiger partial charge in [-0.15, -0.1) is 0 Å². The van der Waals surface area contributed by atoms with Gasteiger partial charge in [0.25, 0.3) is 0 Å². The molecule has 2 aliphatic rings. The number of allylic oxidation sites excluding steroid dienone is 2. The summed E-state index contributed by atoms with van der Waals surface area (Å²) in [6, 6.07) is 24.5. The van der Waals surface area contributed by atoms with Gasteiger partial charge in [-0.05, 0) is 54.7 Å². The number of carbonyl (C=O) groups excluding carboxylic acids is 1. The average molecular weight is 426 g/mol. The van der Waals surface area contributed by atoms with Gasteiger partial charge in [-0.25, -0.2) is 4.79 Å². The predicted octanol–water partition coefficient (Wildman–Crippen LogP) is 6.27. The molecule has 0 spiro atoms. The molecule has 1 N–H and O–H groups in total. The third-order valence-corrected chi connectivity index (χ3v) is 6.37. The van der Waals surface area contributed by atoms with Gasteiger partial charge in [0.15, 0.2) is 0 Å². The van der Waals surface area contributed by atoms with Crippen molar-refractivity contribution in [2.24, 2.45) is 5.92 Å². The molecule has 162 valence electrons. The first-order valence-corrected chi connectivity index (χ1v) is 11.2.